The minimum Gasteiger partial charge on any atom is -0.469 e. The number of esters is 1. The summed E-state index contributed by atoms with van der Waals surface area (Å²) in [5, 5.41) is 0. The molecule has 0 aromatic heterocycles. The normalized spacial score (nSPS) is 25.9. The first-order valence-electron chi connectivity index (χ1n) is 6.15. The second kappa shape index (κ2) is 6.02. The first-order valence-corrected chi connectivity index (χ1v) is 7.69. The maximum absolute atomic E-state index is 12.0. The van der Waals surface area contributed by atoms with Gasteiger partial charge in [-0.15, -0.1) is 23.2 Å². The van der Waals surface area contributed by atoms with Crippen molar-refractivity contribution in [2.75, 3.05) is 7.11 Å². The first-order chi connectivity index (χ1) is 8.94. The Morgan fingerprint density at radius 1 is 1.42 bits per heavy atom. The highest BCUT2D eigenvalue weighted by molar-refractivity contribution is 9.10. The van der Waals surface area contributed by atoms with Crippen molar-refractivity contribution < 1.29 is 9.53 Å². The Kier molecular flexibility index (Phi) is 4.80. The van der Waals surface area contributed by atoms with Crippen molar-refractivity contribution in [2.45, 2.75) is 29.5 Å². The Balaban J connectivity index is 2.33. The maximum Gasteiger partial charge on any atom is 0.309 e. The molecule has 0 saturated heterocycles. The van der Waals surface area contributed by atoms with Crippen molar-refractivity contribution in [2.24, 2.45) is 5.92 Å². The maximum atomic E-state index is 12.0. The highest BCUT2D eigenvalue weighted by Crippen LogP contribution is 2.48. The Bertz CT molecular complexity index is 476. The van der Waals surface area contributed by atoms with E-state index in [0.717, 1.165) is 16.5 Å². The minimum atomic E-state index is -0.837. The second-order valence-corrected chi connectivity index (χ2v) is 7.35. The standard InChI is InChI=1S/C14H15BrCl2O2/c1-19-13(18)11-8-14(16,17)7-6-9(11)10-4-2-3-5-12(10)15/h2-5,9,11H,6-8H2,1H3. The Labute approximate surface area is 131 Å². The number of carbonyl (C=O) groups excluding carboxylic acids is 1. The zero-order chi connectivity index (χ0) is 14.0. The van der Waals surface area contributed by atoms with Crippen LogP contribution in [0.3, 0.4) is 0 Å². The van der Waals surface area contributed by atoms with Gasteiger partial charge in [-0.1, -0.05) is 34.1 Å². The van der Waals surface area contributed by atoms with Crippen LogP contribution in [0.2, 0.25) is 0 Å². The van der Waals surface area contributed by atoms with Crippen molar-refractivity contribution in [3.63, 3.8) is 0 Å². The van der Waals surface area contributed by atoms with E-state index in [2.05, 4.69) is 15.9 Å². The van der Waals surface area contributed by atoms with Crippen LogP contribution in [0, 0.1) is 5.92 Å². The highest BCUT2D eigenvalue weighted by Gasteiger charge is 2.43. The summed E-state index contributed by atoms with van der Waals surface area (Å²) in [6.07, 6.45) is 1.87. The third-order valence-electron chi connectivity index (χ3n) is 3.63. The zero-order valence-corrected chi connectivity index (χ0v) is 13.6. The molecule has 1 aromatic rings. The largest absolute Gasteiger partial charge is 0.469 e. The summed E-state index contributed by atoms with van der Waals surface area (Å²) in [5.41, 5.74) is 1.11. The molecule has 1 saturated carbocycles. The van der Waals surface area contributed by atoms with E-state index in [1.807, 2.05) is 24.3 Å². The van der Waals surface area contributed by atoms with Crippen LogP contribution in [-0.4, -0.2) is 17.4 Å². The number of ether oxygens (including phenoxy) is 1. The molecule has 0 bridgehead atoms. The molecule has 0 amide bonds. The van der Waals surface area contributed by atoms with Gasteiger partial charge in [-0.05, 0) is 36.8 Å². The van der Waals surface area contributed by atoms with Crippen LogP contribution >= 0.6 is 39.1 Å². The van der Waals surface area contributed by atoms with Gasteiger partial charge in [0, 0.05) is 4.47 Å². The van der Waals surface area contributed by atoms with Crippen LogP contribution in [0.5, 0.6) is 0 Å². The fraction of sp³-hybridized carbons (Fsp3) is 0.500. The van der Waals surface area contributed by atoms with E-state index in [-0.39, 0.29) is 17.8 Å². The molecule has 2 unspecified atom stereocenters. The van der Waals surface area contributed by atoms with Gasteiger partial charge in [-0.25, -0.2) is 0 Å². The third-order valence-corrected chi connectivity index (χ3v) is 5.04. The highest BCUT2D eigenvalue weighted by atomic mass is 79.9. The first kappa shape index (κ1) is 15.1. The molecule has 0 spiro atoms. The molecule has 1 aliphatic rings. The second-order valence-electron chi connectivity index (χ2n) is 4.86. The van der Waals surface area contributed by atoms with Gasteiger partial charge in [0.25, 0.3) is 0 Å². The molecule has 2 rings (SSSR count). The van der Waals surface area contributed by atoms with Crippen LogP contribution in [0.25, 0.3) is 0 Å². The topological polar surface area (TPSA) is 26.3 Å². The Hall–Kier alpha value is -0.250. The van der Waals surface area contributed by atoms with Crippen LogP contribution in [0.15, 0.2) is 28.7 Å². The van der Waals surface area contributed by atoms with E-state index in [9.17, 15) is 4.79 Å². The monoisotopic (exact) mass is 364 g/mol. The summed E-state index contributed by atoms with van der Waals surface area (Å²) in [5.74, 6) is -0.452. The van der Waals surface area contributed by atoms with Gasteiger partial charge >= 0.3 is 5.97 Å². The lowest BCUT2D eigenvalue weighted by Crippen LogP contribution is -2.35. The molecule has 0 heterocycles. The minimum absolute atomic E-state index is 0.0913. The predicted octanol–water partition coefficient (Wildman–Crippen LogP) is 4.68. The fourth-order valence-corrected chi connectivity index (χ4v) is 3.81. The van der Waals surface area contributed by atoms with Crippen molar-refractivity contribution in [3.8, 4) is 0 Å². The van der Waals surface area contributed by atoms with Crippen molar-refractivity contribution in [3.05, 3.63) is 34.3 Å². The van der Waals surface area contributed by atoms with E-state index in [0.29, 0.717) is 12.8 Å². The number of hydrogen-bond acceptors (Lipinski definition) is 2. The number of benzene rings is 1. The van der Waals surface area contributed by atoms with Gasteiger partial charge in [0.2, 0.25) is 0 Å². The van der Waals surface area contributed by atoms with E-state index >= 15 is 0 Å². The van der Waals surface area contributed by atoms with Gasteiger partial charge in [-0.2, -0.15) is 0 Å². The molecule has 0 aliphatic heterocycles. The molecule has 104 valence electrons. The number of methoxy groups -OCH3 is 1. The van der Waals surface area contributed by atoms with E-state index in [1.54, 1.807) is 0 Å². The SMILES string of the molecule is COC(=O)C1CC(Cl)(Cl)CCC1c1ccccc1Br. The Morgan fingerprint density at radius 3 is 2.74 bits per heavy atom. The lowest BCUT2D eigenvalue weighted by molar-refractivity contribution is -0.147. The summed E-state index contributed by atoms with van der Waals surface area (Å²) in [6.45, 7) is 0. The fourth-order valence-electron chi connectivity index (χ4n) is 2.68. The predicted molar refractivity (Wildman–Crippen MR) is 80.7 cm³/mol. The molecule has 19 heavy (non-hydrogen) atoms. The van der Waals surface area contributed by atoms with Crippen LogP contribution < -0.4 is 0 Å². The molecule has 2 atom stereocenters. The molecule has 1 aromatic carbocycles. The van der Waals surface area contributed by atoms with E-state index in [1.165, 1.54) is 7.11 Å². The third kappa shape index (κ3) is 3.45. The summed E-state index contributed by atoms with van der Waals surface area (Å²) < 4.78 is 5.07. The van der Waals surface area contributed by atoms with Gasteiger partial charge < -0.3 is 4.74 Å². The molecule has 0 N–H and O–H groups in total. The van der Waals surface area contributed by atoms with Crippen molar-refractivity contribution in [1.82, 2.24) is 0 Å². The quantitative estimate of drug-likeness (QED) is 0.561. The smallest absolute Gasteiger partial charge is 0.309 e. The average Bonchev–Trinajstić information content (AvgIpc) is 2.38. The van der Waals surface area contributed by atoms with Crippen molar-refractivity contribution in [1.29, 1.82) is 0 Å². The number of rotatable bonds is 2. The summed E-state index contributed by atoms with van der Waals surface area (Å²) in [4.78, 5) is 12.0. The van der Waals surface area contributed by atoms with Crippen LogP contribution in [-0.2, 0) is 9.53 Å². The lowest BCUT2D eigenvalue weighted by atomic mass is 9.75. The molecule has 1 fully saturated rings. The molecule has 1 aliphatic carbocycles. The number of alkyl halides is 2. The lowest BCUT2D eigenvalue weighted by Gasteiger charge is -2.36. The Morgan fingerprint density at radius 2 is 2.11 bits per heavy atom. The van der Waals surface area contributed by atoms with E-state index < -0.39 is 4.33 Å². The molecular weight excluding hydrogens is 351 g/mol. The van der Waals surface area contributed by atoms with Gasteiger partial charge in [0.1, 0.15) is 4.33 Å². The number of hydrogen-bond donors (Lipinski definition) is 0. The van der Waals surface area contributed by atoms with Gasteiger partial charge in [0.05, 0.1) is 13.0 Å². The molecule has 5 heteroatoms. The number of carbonyl (C=O) groups is 1. The van der Waals surface area contributed by atoms with Crippen LogP contribution in [0.1, 0.15) is 30.7 Å². The summed E-state index contributed by atoms with van der Waals surface area (Å²) in [7, 11) is 1.40. The zero-order valence-electron chi connectivity index (χ0n) is 10.5. The molecule has 0 radical (unpaired) electrons. The summed E-state index contributed by atoms with van der Waals surface area (Å²) in [6, 6.07) is 7.93. The van der Waals surface area contributed by atoms with E-state index in [4.69, 9.17) is 27.9 Å². The molecule has 2 nitrogen and oxygen atoms in total. The van der Waals surface area contributed by atoms with Gasteiger partial charge in [0.15, 0.2) is 0 Å². The average molecular weight is 366 g/mol. The van der Waals surface area contributed by atoms with Crippen LogP contribution in [0.4, 0.5) is 0 Å². The number of halogens is 3. The van der Waals surface area contributed by atoms with Crippen molar-refractivity contribution >= 4 is 45.1 Å². The van der Waals surface area contributed by atoms with Gasteiger partial charge in [-0.3, -0.25) is 4.79 Å². The molecular formula is C14H15BrCl2O2. The summed E-state index contributed by atoms with van der Waals surface area (Å²) >= 11 is 16.0.